The van der Waals surface area contributed by atoms with E-state index in [1.165, 1.54) is 24.3 Å². The number of halogens is 8. The molecule has 1 N–H and O–H groups in total. The van der Waals surface area contributed by atoms with E-state index in [2.05, 4.69) is 10.4 Å². The summed E-state index contributed by atoms with van der Waals surface area (Å²) >= 11 is 11.9. The van der Waals surface area contributed by atoms with Gasteiger partial charge in [0.2, 0.25) is 0 Å². The van der Waals surface area contributed by atoms with Crippen LogP contribution in [-0.4, -0.2) is 15.7 Å². The number of alkyl halides is 6. The summed E-state index contributed by atoms with van der Waals surface area (Å²) in [5, 5.41) is 5.83. The molecule has 0 aliphatic carbocycles. The van der Waals surface area contributed by atoms with Gasteiger partial charge in [-0.25, -0.2) is 4.68 Å². The smallest absolute Gasteiger partial charge is 0.347 e. The van der Waals surface area contributed by atoms with Gasteiger partial charge in [0.05, 0.1) is 16.3 Å². The number of nitrogens with zero attached hydrogens (tertiary/aromatic N) is 2. The number of hydrogen-bond acceptors (Lipinski definition) is 2. The number of amides is 1. The van der Waals surface area contributed by atoms with Crippen molar-refractivity contribution >= 4 is 29.1 Å². The fourth-order valence-corrected chi connectivity index (χ4v) is 3.01. The van der Waals surface area contributed by atoms with Crippen LogP contribution in [0.25, 0.3) is 5.69 Å². The second kappa shape index (κ2) is 8.43. The third-order valence-corrected chi connectivity index (χ3v) is 4.63. The Morgan fingerprint density at radius 3 is 2.32 bits per heavy atom. The van der Waals surface area contributed by atoms with E-state index in [1.807, 2.05) is 0 Å². The van der Waals surface area contributed by atoms with Gasteiger partial charge in [-0.15, -0.1) is 0 Å². The molecule has 1 aromatic heterocycles. The molecule has 0 saturated carbocycles. The summed E-state index contributed by atoms with van der Waals surface area (Å²) in [5.41, 5.74) is -2.77. The predicted molar refractivity (Wildman–Crippen MR) is 101 cm³/mol. The maximum Gasteiger partial charge on any atom is 0.435 e. The first kappa shape index (κ1) is 23.0. The molecule has 0 atom stereocenters. The number of rotatable bonds is 4. The molecule has 164 valence electrons. The van der Waals surface area contributed by atoms with E-state index in [9.17, 15) is 31.1 Å². The molecule has 4 nitrogen and oxygen atoms in total. The molecule has 0 radical (unpaired) electrons. The lowest BCUT2D eigenvalue weighted by Gasteiger charge is -2.11. The molecule has 31 heavy (non-hydrogen) atoms. The summed E-state index contributed by atoms with van der Waals surface area (Å²) < 4.78 is 78.7. The minimum atomic E-state index is -4.85. The summed E-state index contributed by atoms with van der Waals surface area (Å²) in [7, 11) is 0. The average molecular weight is 482 g/mol. The molecule has 3 rings (SSSR count). The van der Waals surface area contributed by atoms with Gasteiger partial charge < -0.3 is 5.32 Å². The number of carbonyl (C=O) groups is 1. The van der Waals surface area contributed by atoms with Gasteiger partial charge in [0.1, 0.15) is 5.69 Å². The van der Waals surface area contributed by atoms with E-state index >= 15 is 0 Å². The largest absolute Gasteiger partial charge is 0.435 e. The summed E-state index contributed by atoms with van der Waals surface area (Å²) in [4.78, 5) is 12.6. The number of carbonyl (C=O) groups excluding carboxylic acids is 1. The van der Waals surface area contributed by atoms with E-state index in [1.54, 1.807) is 0 Å². The van der Waals surface area contributed by atoms with Crippen LogP contribution in [0.1, 0.15) is 27.3 Å². The second-order valence-corrected chi connectivity index (χ2v) is 7.14. The molecule has 0 spiro atoms. The minimum absolute atomic E-state index is 0.0202. The molecule has 0 bridgehead atoms. The zero-order chi connectivity index (χ0) is 23.0. The molecule has 3 aromatic rings. The summed E-state index contributed by atoms with van der Waals surface area (Å²) in [6.45, 7) is -0.363. The molecule has 0 aliphatic heterocycles. The highest BCUT2D eigenvalue weighted by Gasteiger charge is 2.36. The Labute approximate surface area is 181 Å². The molecule has 1 heterocycles. The first-order valence-electron chi connectivity index (χ1n) is 8.43. The summed E-state index contributed by atoms with van der Waals surface area (Å²) in [6.07, 6.45) is -9.43. The Kier molecular flexibility index (Phi) is 6.24. The maximum absolute atomic E-state index is 13.2. The van der Waals surface area contributed by atoms with E-state index in [0.29, 0.717) is 10.7 Å². The highest BCUT2D eigenvalue weighted by atomic mass is 35.5. The zero-order valence-electron chi connectivity index (χ0n) is 15.2. The van der Waals surface area contributed by atoms with Gasteiger partial charge in [0, 0.05) is 17.6 Å². The summed E-state index contributed by atoms with van der Waals surface area (Å²) in [5.74, 6) is -1.00. The van der Waals surface area contributed by atoms with Crippen LogP contribution in [-0.2, 0) is 18.9 Å². The van der Waals surface area contributed by atoms with Gasteiger partial charge in [0.25, 0.3) is 5.91 Å². The van der Waals surface area contributed by atoms with E-state index < -0.39 is 35.2 Å². The van der Waals surface area contributed by atoms with E-state index in [0.717, 1.165) is 18.2 Å². The molecular formula is C19H11Cl2F6N3O. The van der Waals surface area contributed by atoms with Crippen molar-refractivity contribution in [1.82, 2.24) is 15.1 Å². The Bertz CT molecular complexity index is 1120. The molecule has 0 aliphatic rings. The van der Waals surface area contributed by atoms with Gasteiger partial charge in [-0.1, -0.05) is 35.3 Å². The van der Waals surface area contributed by atoms with Crippen LogP contribution < -0.4 is 5.32 Å². The van der Waals surface area contributed by atoms with Crippen LogP contribution in [0.3, 0.4) is 0 Å². The summed E-state index contributed by atoms with van der Waals surface area (Å²) in [6, 6.07) is 8.63. The lowest BCUT2D eigenvalue weighted by molar-refractivity contribution is -0.141. The lowest BCUT2D eigenvalue weighted by atomic mass is 10.1. The quantitative estimate of drug-likeness (QED) is 0.454. The lowest BCUT2D eigenvalue weighted by Crippen LogP contribution is -2.25. The van der Waals surface area contributed by atoms with Crippen molar-refractivity contribution in [2.45, 2.75) is 18.9 Å². The van der Waals surface area contributed by atoms with Gasteiger partial charge in [-0.05, 0) is 35.9 Å². The third-order valence-electron chi connectivity index (χ3n) is 4.08. The SMILES string of the molecule is O=C(NCc1cccc(C(F)(F)F)c1)c1cc(C(F)(F)F)nn1-c1cc(Cl)ccc1Cl. The molecule has 0 unspecified atom stereocenters. The fraction of sp³-hybridized carbons (Fsp3) is 0.158. The van der Waals surface area contributed by atoms with Crippen molar-refractivity contribution in [1.29, 1.82) is 0 Å². The highest BCUT2D eigenvalue weighted by Crippen LogP contribution is 2.32. The van der Waals surface area contributed by atoms with Crippen molar-refractivity contribution in [3.8, 4) is 5.69 Å². The van der Waals surface area contributed by atoms with E-state index in [-0.39, 0.29) is 27.8 Å². The average Bonchev–Trinajstić information content (AvgIpc) is 3.13. The Hall–Kier alpha value is -2.72. The number of nitrogens with one attached hydrogen (secondary N) is 1. The standard InChI is InChI=1S/C19H11Cl2F6N3O/c20-12-4-5-13(21)14(7-12)30-15(8-16(29-30)19(25,26)27)17(31)28-9-10-2-1-3-11(6-10)18(22,23)24/h1-8H,9H2,(H,28,31). The number of aromatic nitrogens is 2. The van der Waals surface area contributed by atoms with Crippen molar-refractivity contribution in [3.05, 3.63) is 81.1 Å². The van der Waals surface area contributed by atoms with Crippen LogP contribution in [0.2, 0.25) is 10.0 Å². The monoisotopic (exact) mass is 481 g/mol. The fourth-order valence-electron chi connectivity index (χ4n) is 2.64. The topological polar surface area (TPSA) is 46.9 Å². The van der Waals surface area contributed by atoms with Crippen LogP contribution >= 0.6 is 23.2 Å². The first-order chi connectivity index (χ1) is 14.4. The molecule has 12 heteroatoms. The predicted octanol–water partition coefficient (Wildman–Crippen LogP) is 6.15. The van der Waals surface area contributed by atoms with Gasteiger partial charge in [-0.3, -0.25) is 4.79 Å². The number of benzene rings is 2. The van der Waals surface area contributed by atoms with Crippen LogP contribution in [0.4, 0.5) is 26.3 Å². The Morgan fingerprint density at radius 1 is 0.968 bits per heavy atom. The van der Waals surface area contributed by atoms with Gasteiger partial charge in [0.15, 0.2) is 5.69 Å². The molecular weight excluding hydrogens is 471 g/mol. The van der Waals surface area contributed by atoms with Crippen molar-refractivity contribution in [2.75, 3.05) is 0 Å². The van der Waals surface area contributed by atoms with Crippen LogP contribution in [0.5, 0.6) is 0 Å². The zero-order valence-corrected chi connectivity index (χ0v) is 16.7. The van der Waals surface area contributed by atoms with Crippen LogP contribution in [0, 0.1) is 0 Å². The minimum Gasteiger partial charge on any atom is -0.347 e. The Morgan fingerprint density at radius 2 is 1.68 bits per heavy atom. The molecule has 1 amide bonds. The third kappa shape index (κ3) is 5.31. The van der Waals surface area contributed by atoms with Crippen molar-refractivity contribution in [3.63, 3.8) is 0 Å². The van der Waals surface area contributed by atoms with Crippen molar-refractivity contribution < 1.29 is 31.1 Å². The normalized spacial score (nSPS) is 12.1. The second-order valence-electron chi connectivity index (χ2n) is 6.30. The molecule has 2 aromatic carbocycles. The maximum atomic E-state index is 13.2. The van der Waals surface area contributed by atoms with Crippen molar-refractivity contribution in [2.24, 2.45) is 0 Å². The van der Waals surface area contributed by atoms with Gasteiger partial charge >= 0.3 is 12.4 Å². The molecule has 0 saturated heterocycles. The number of hydrogen-bond donors (Lipinski definition) is 1. The van der Waals surface area contributed by atoms with Crippen LogP contribution in [0.15, 0.2) is 48.5 Å². The first-order valence-corrected chi connectivity index (χ1v) is 9.19. The highest BCUT2D eigenvalue weighted by molar-refractivity contribution is 6.34. The van der Waals surface area contributed by atoms with E-state index in [4.69, 9.17) is 23.2 Å². The molecule has 0 fully saturated rings. The Balaban J connectivity index is 1.94. The van der Waals surface area contributed by atoms with Gasteiger partial charge in [-0.2, -0.15) is 31.4 Å².